The number of nitrogens with zero attached hydrogens (tertiary/aromatic N) is 4. The largest absolute Gasteiger partial charge is 0.329 e. The molecule has 1 saturated heterocycles. The molecule has 1 aliphatic heterocycles. The van der Waals surface area contributed by atoms with E-state index in [0.29, 0.717) is 0 Å². The highest BCUT2D eigenvalue weighted by atomic mass is 15.3. The lowest BCUT2D eigenvalue weighted by Crippen LogP contribution is -2.46. The predicted octanol–water partition coefficient (Wildman–Crippen LogP) is 2.32. The van der Waals surface area contributed by atoms with Gasteiger partial charge < -0.3 is 9.88 Å². The van der Waals surface area contributed by atoms with E-state index < -0.39 is 0 Å². The Kier molecular flexibility index (Phi) is 4.86. The van der Waals surface area contributed by atoms with Crippen molar-refractivity contribution in [1.82, 2.24) is 24.8 Å². The van der Waals surface area contributed by atoms with E-state index in [0.717, 1.165) is 44.2 Å². The molecular formula is C20H23N5. The number of nitrogens with one attached hydrogen (secondary N) is 1. The zero-order valence-electron chi connectivity index (χ0n) is 14.3. The van der Waals surface area contributed by atoms with Crippen LogP contribution >= 0.6 is 0 Å². The molecule has 0 amide bonds. The highest BCUT2D eigenvalue weighted by molar-refractivity contribution is 5.21. The van der Waals surface area contributed by atoms with Crippen LogP contribution in [0.3, 0.4) is 0 Å². The number of hydrogen-bond donors (Lipinski definition) is 1. The summed E-state index contributed by atoms with van der Waals surface area (Å²) in [6, 6.07) is 16.7. The zero-order chi connectivity index (χ0) is 16.9. The third-order valence-electron chi connectivity index (χ3n) is 4.67. The number of aromatic nitrogens is 3. The fourth-order valence-electron chi connectivity index (χ4n) is 3.44. The van der Waals surface area contributed by atoms with Crippen LogP contribution in [0.15, 0.2) is 67.1 Å². The van der Waals surface area contributed by atoms with E-state index in [2.05, 4.69) is 68.4 Å². The Labute approximate surface area is 148 Å². The van der Waals surface area contributed by atoms with Crippen LogP contribution in [0.4, 0.5) is 0 Å². The van der Waals surface area contributed by atoms with Gasteiger partial charge in [0.15, 0.2) is 0 Å². The molecule has 1 N–H and O–H groups in total. The fourth-order valence-corrected chi connectivity index (χ4v) is 3.44. The van der Waals surface area contributed by atoms with Crippen molar-refractivity contribution in [1.29, 1.82) is 0 Å². The maximum atomic E-state index is 4.73. The van der Waals surface area contributed by atoms with Gasteiger partial charge in [0, 0.05) is 51.3 Å². The minimum atomic E-state index is 0.0852. The average Bonchev–Trinajstić information content (AvgIpc) is 3.12. The summed E-state index contributed by atoms with van der Waals surface area (Å²) < 4.78 is 2.25. The van der Waals surface area contributed by atoms with Gasteiger partial charge >= 0.3 is 0 Å². The van der Waals surface area contributed by atoms with Gasteiger partial charge in [0.1, 0.15) is 11.9 Å². The van der Waals surface area contributed by atoms with Gasteiger partial charge in [-0.2, -0.15) is 0 Å². The summed E-state index contributed by atoms with van der Waals surface area (Å²) in [5.74, 6) is 1.06. The first-order valence-corrected chi connectivity index (χ1v) is 8.82. The quantitative estimate of drug-likeness (QED) is 0.778. The molecule has 0 spiro atoms. The summed E-state index contributed by atoms with van der Waals surface area (Å²) in [4.78, 5) is 11.8. The van der Waals surface area contributed by atoms with Crippen molar-refractivity contribution in [3.63, 3.8) is 0 Å². The molecule has 1 fully saturated rings. The first-order valence-electron chi connectivity index (χ1n) is 8.82. The maximum Gasteiger partial charge on any atom is 0.132 e. The molecule has 1 unspecified atom stereocenters. The van der Waals surface area contributed by atoms with Crippen LogP contribution in [0.1, 0.15) is 23.1 Å². The second-order valence-corrected chi connectivity index (χ2v) is 6.34. The third kappa shape index (κ3) is 3.62. The number of benzene rings is 1. The molecular weight excluding hydrogens is 310 g/mol. The van der Waals surface area contributed by atoms with Crippen LogP contribution in [0, 0.1) is 0 Å². The van der Waals surface area contributed by atoms with Crippen LogP contribution in [0.5, 0.6) is 0 Å². The molecule has 1 aromatic carbocycles. The third-order valence-corrected chi connectivity index (χ3v) is 4.67. The summed E-state index contributed by atoms with van der Waals surface area (Å²) in [5.41, 5.74) is 2.34. The van der Waals surface area contributed by atoms with Gasteiger partial charge in [0.25, 0.3) is 0 Å². The molecule has 5 nitrogen and oxygen atoms in total. The van der Waals surface area contributed by atoms with E-state index >= 15 is 0 Å². The van der Waals surface area contributed by atoms with Gasteiger partial charge in [-0.1, -0.05) is 36.4 Å². The summed E-state index contributed by atoms with van der Waals surface area (Å²) in [7, 11) is 0. The summed E-state index contributed by atoms with van der Waals surface area (Å²) in [6.07, 6.45) is 5.84. The van der Waals surface area contributed by atoms with Gasteiger partial charge in [-0.05, 0) is 17.7 Å². The van der Waals surface area contributed by atoms with Gasteiger partial charge in [-0.25, -0.2) is 4.98 Å². The van der Waals surface area contributed by atoms with Crippen LogP contribution in [-0.2, 0) is 6.54 Å². The Hall–Kier alpha value is -2.50. The maximum absolute atomic E-state index is 4.73. The van der Waals surface area contributed by atoms with E-state index in [-0.39, 0.29) is 6.04 Å². The molecule has 0 saturated carbocycles. The molecule has 2 aromatic heterocycles. The Morgan fingerprint density at radius 3 is 2.48 bits per heavy atom. The number of piperazine rings is 1. The summed E-state index contributed by atoms with van der Waals surface area (Å²) in [5, 5.41) is 3.43. The molecule has 3 heterocycles. The van der Waals surface area contributed by atoms with Crippen molar-refractivity contribution < 1.29 is 0 Å². The van der Waals surface area contributed by atoms with Gasteiger partial charge in [0.05, 0.1) is 5.69 Å². The molecule has 1 atom stereocenters. The number of rotatable bonds is 5. The summed E-state index contributed by atoms with van der Waals surface area (Å²) >= 11 is 0. The fraction of sp³-hybridized carbons (Fsp3) is 0.300. The van der Waals surface area contributed by atoms with Crippen LogP contribution in [0.2, 0.25) is 0 Å². The zero-order valence-corrected chi connectivity index (χ0v) is 14.3. The number of imidazole rings is 1. The lowest BCUT2D eigenvalue weighted by molar-refractivity contribution is 0.186. The molecule has 4 rings (SSSR count). The minimum absolute atomic E-state index is 0.0852. The van der Waals surface area contributed by atoms with E-state index in [1.54, 1.807) is 0 Å². The minimum Gasteiger partial charge on any atom is -0.329 e. The standard InChI is InChI=1S/C20H23N5/c1-2-6-17(7-3-1)16-25-15-12-23-20(25)19(18-8-4-5-9-22-18)24-13-10-21-11-14-24/h1-9,12,15,19,21H,10-11,13-14,16H2. The molecule has 1 aliphatic rings. The predicted molar refractivity (Wildman–Crippen MR) is 98.3 cm³/mol. The number of pyridine rings is 1. The van der Waals surface area contributed by atoms with Gasteiger partial charge in [-0.15, -0.1) is 0 Å². The highest BCUT2D eigenvalue weighted by Gasteiger charge is 2.28. The lowest BCUT2D eigenvalue weighted by Gasteiger charge is -2.34. The van der Waals surface area contributed by atoms with Crippen molar-refractivity contribution in [3.8, 4) is 0 Å². The van der Waals surface area contributed by atoms with Crippen molar-refractivity contribution >= 4 is 0 Å². The van der Waals surface area contributed by atoms with E-state index in [4.69, 9.17) is 4.98 Å². The van der Waals surface area contributed by atoms with Crippen LogP contribution in [0.25, 0.3) is 0 Å². The second-order valence-electron chi connectivity index (χ2n) is 6.34. The first-order chi connectivity index (χ1) is 12.4. The van der Waals surface area contributed by atoms with Crippen LogP contribution < -0.4 is 5.32 Å². The molecule has 0 radical (unpaired) electrons. The monoisotopic (exact) mass is 333 g/mol. The molecule has 3 aromatic rings. The number of hydrogen-bond acceptors (Lipinski definition) is 4. The molecule has 25 heavy (non-hydrogen) atoms. The second kappa shape index (κ2) is 7.59. The Morgan fingerprint density at radius 1 is 0.920 bits per heavy atom. The smallest absolute Gasteiger partial charge is 0.132 e. The SMILES string of the molecule is c1ccc(Cn2ccnc2C(c2ccccn2)N2CCNCC2)cc1. The van der Waals surface area contributed by atoms with Crippen molar-refractivity contribution in [2.75, 3.05) is 26.2 Å². The molecule has 128 valence electrons. The first kappa shape index (κ1) is 16.0. The molecule has 0 bridgehead atoms. The topological polar surface area (TPSA) is 46.0 Å². The van der Waals surface area contributed by atoms with E-state index in [9.17, 15) is 0 Å². The van der Waals surface area contributed by atoms with E-state index in [1.807, 2.05) is 18.5 Å². The Morgan fingerprint density at radius 2 is 1.72 bits per heavy atom. The van der Waals surface area contributed by atoms with Crippen molar-refractivity contribution in [2.24, 2.45) is 0 Å². The van der Waals surface area contributed by atoms with Gasteiger partial charge in [-0.3, -0.25) is 9.88 Å². The molecule has 0 aliphatic carbocycles. The Bertz CT molecular complexity index is 778. The van der Waals surface area contributed by atoms with Gasteiger partial charge in [0.2, 0.25) is 0 Å². The van der Waals surface area contributed by atoms with E-state index in [1.165, 1.54) is 5.56 Å². The normalized spacial score (nSPS) is 16.6. The molecule has 5 heteroatoms. The Balaban J connectivity index is 1.69. The van der Waals surface area contributed by atoms with Crippen molar-refractivity contribution in [2.45, 2.75) is 12.6 Å². The highest BCUT2D eigenvalue weighted by Crippen LogP contribution is 2.26. The average molecular weight is 333 g/mol. The van der Waals surface area contributed by atoms with Crippen molar-refractivity contribution in [3.05, 3.63) is 84.2 Å². The lowest BCUT2D eigenvalue weighted by atomic mass is 10.1. The summed E-state index contributed by atoms with van der Waals surface area (Å²) in [6.45, 7) is 4.83. The van der Waals surface area contributed by atoms with Crippen LogP contribution in [-0.4, -0.2) is 45.6 Å².